The minimum atomic E-state index is -1.64. The van der Waals surface area contributed by atoms with Gasteiger partial charge in [-0.2, -0.15) is 0 Å². The standard InChI is InChI=1S/C16H36OSi/c1-8-11-14(4)18(17-7,15(5)12-9-2)16(6)13-10-3/h14-16H,8-13H2,1-7H3. The molecule has 0 aromatic carbocycles. The highest BCUT2D eigenvalue weighted by atomic mass is 28.4. The Morgan fingerprint density at radius 3 is 1.17 bits per heavy atom. The fourth-order valence-electron chi connectivity index (χ4n) is 4.04. The molecular formula is C16H36OSi. The van der Waals surface area contributed by atoms with Gasteiger partial charge >= 0.3 is 0 Å². The van der Waals surface area contributed by atoms with Crippen LogP contribution in [0.4, 0.5) is 0 Å². The van der Waals surface area contributed by atoms with Crippen molar-refractivity contribution in [3.05, 3.63) is 0 Å². The van der Waals surface area contributed by atoms with Crippen molar-refractivity contribution in [2.75, 3.05) is 7.11 Å². The van der Waals surface area contributed by atoms with Gasteiger partial charge in [0.25, 0.3) is 0 Å². The normalized spacial score (nSPS) is 20.2. The molecule has 0 aliphatic rings. The molecule has 0 aliphatic carbocycles. The maximum absolute atomic E-state index is 6.32. The van der Waals surface area contributed by atoms with Crippen molar-refractivity contribution >= 4 is 8.32 Å². The van der Waals surface area contributed by atoms with Crippen LogP contribution in [0.3, 0.4) is 0 Å². The second-order valence-corrected chi connectivity index (χ2v) is 11.2. The highest BCUT2D eigenvalue weighted by Crippen LogP contribution is 2.47. The SMILES string of the molecule is CCCC(C)[Si](OC)(C(C)CCC)C(C)CCC. The molecule has 0 heterocycles. The van der Waals surface area contributed by atoms with Gasteiger partial charge in [-0.3, -0.25) is 0 Å². The smallest absolute Gasteiger partial charge is 0.200 e. The quantitative estimate of drug-likeness (QED) is 0.433. The molecule has 18 heavy (non-hydrogen) atoms. The molecule has 3 atom stereocenters. The van der Waals surface area contributed by atoms with Crippen LogP contribution >= 0.6 is 0 Å². The average molecular weight is 273 g/mol. The zero-order valence-corrected chi connectivity index (χ0v) is 14.9. The number of hydrogen-bond acceptors (Lipinski definition) is 1. The molecule has 0 saturated carbocycles. The van der Waals surface area contributed by atoms with E-state index in [2.05, 4.69) is 41.5 Å². The topological polar surface area (TPSA) is 9.23 Å². The van der Waals surface area contributed by atoms with Crippen LogP contribution in [-0.4, -0.2) is 15.4 Å². The maximum Gasteiger partial charge on any atom is 0.200 e. The second kappa shape index (κ2) is 9.14. The van der Waals surface area contributed by atoms with Gasteiger partial charge in [0.15, 0.2) is 0 Å². The molecule has 0 aliphatic heterocycles. The van der Waals surface area contributed by atoms with E-state index in [4.69, 9.17) is 4.43 Å². The monoisotopic (exact) mass is 272 g/mol. The van der Waals surface area contributed by atoms with Crippen molar-refractivity contribution in [1.82, 2.24) is 0 Å². The molecule has 0 aromatic rings. The molecule has 1 nitrogen and oxygen atoms in total. The van der Waals surface area contributed by atoms with Crippen molar-refractivity contribution in [1.29, 1.82) is 0 Å². The molecule has 0 spiro atoms. The number of hydrogen-bond donors (Lipinski definition) is 0. The van der Waals surface area contributed by atoms with Gasteiger partial charge in [-0.25, -0.2) is 0 Å². The first-order valence-electron chi connectivity index (χ1n) is 8.06. The summed E-state index contributed by atoms with van der Waals surface area (Å²) in [7, 11) is 0.354. The van der Waals surface area contributed by atoms with Gasteiger partial charge in [0, 0.05) is 7.11 Å². The molecule has 0 rings (SSSR count). The van der Waals surface area contributed by atoms with Crippen molar-refractivity contribution in [3.63, 3.8) is 0 Å². The highest BCUT2D eigenvalue weighted by Gasteiger charge is 2.48. The van der Waals surface area contributed by atoms with Gasteiger partial charge in [-0.1, -0.05) is 80.1 Å². The minimum Gasteiger partial charge on any atom is -0.419 e. The summed E-state index contributed by atoms with van der Waals surface area (Å²) < 4.78 is 6.32. The molecule has 0 N–H and O–H groups in total. The van der Waals surface area contributed by atoms with Gasteiger partial charge < -0.3 is 4.43 Å². The van der Waals surface area contributed by atoms with Gasteiger partial charge in [0.05, 0.1) is 0 Å². The molecule has 2 heteroatoms. The van der Waals surface area contributed by atoms with Crippen LogP contribution in [0.15, 0.2) is 0 Å². The summed E-state index contributed by atoms with van der Waals surface area (Å²) in [4.78, 5) is 0. The summed E-state index contributed by atoms with van der Waals surface area (Å²) in [6.45, 7) is 14.3. The fourth-order valence-corrected chi connectivity index (χ4v) is 10.4. The van der Waals surface area contributed by atoms with Crippen LogP contribution in [0.2, 0.25) is 16.6 Å². The average Bonchev–Trinajstić information content (AvgIpc) is 2.31. The first-order chi connectivity index (χ1) is 8.50. The predicted octanol–water partition coefficient (Wildman–Crippen LogP) is 6.15. The Morgan fingerprint density at radius 2 is 1.00 bits per heavy atom. The third-order valence-corrected chi connectivity index (χ3v) is 11.0. The molecule has 3 unspecified atom stereocenters. The lowest BCUT2D eigenvalue weighted by Gasteiger charge is -2.45. The van der Waals surface area contributed by atoms with E-state index in [1.54, 1.807) is 0 Å². The van der Waals surface area contributed by atoms with Crippen molar-refractivity contribution in [3.8, 4) is 0 Å². The summed E-state index contributed by atoms with van der Waals surface area (Å²) in [5, 5.41) is 0. The first kappa shape index (κ1) is 18.2. The summed E-state index contributed by atoms with van der Waals surface area (Å²) >= 11 is 0. The molecule has 0 saturated heterocycles. The van der Waals surface area contributed by atoms with E-state index in [9.17, 15) is 0 Å². The van der Waals surface area contributed by atoms with Crippen LogP contribution in [0.5, 0.6) is 0 Å². The minimum absolute atomic E-state index is 0.788. The Morgan fingerprint density at radius 1 is 0.722 bits per heavy atom. The molecule has 0 fully saturated rings. The van der Waals surface area contributed by atoms with Gasteiger partial charge in [0.1, 0.15) is 0 Å². The van der Waals surface area contributed by atoms with E-state index >= 15 is 0 Å². The molecular weight excluding hydrogens is 236 g/mol. The van der Waals surface area contributed by atoms with Gasteiger partial charge in [0.2, 0.25) is 8.32 Å². The summed E-state index contributed by atoms with van der Waals surface area (Å²) in [6.07, 6.45) is 7.87. The second-order valence-electron chi connectivity index (χ2n) is 6.13. The Kier molecular flexibility index (Phi) is 9.23. The third-order valence-electron chi connectivity index (χ3n) is 4.83. The van der Waals surface area contributed by atoms with E-state index < -0.39 is 8.32 Å². The molecule has 110 valence electrons. The zero-order chi connectivity index (χ0) is 14.2. The highest BCUT2D eigenvalue weighted by molar-refractivity contribution is 6.77. The molecule has 0 amide bonds. The van der Waals surface area contributed by atoms with E-state index in [0.717, 1.165) is 16.6 Å². The lowest BCUT2D eigenvalue weighted by Crippen LogP contribution is -2.49. The van der Waals surface area contributed by atoms with Crippen LogP contribution < -0.4 is 0 Å². The number of rotatable bonds is 10. The summed E-state index contributed by atoms with van der Waals surface area (Å²) in [6, 6.07) is 0. The molecule has 0 bridgehead atoms. The van der Waals surface area contributed by atoms with E-state index in [1.807, 2.05) is 7.11 Å². The first-order valence-corrected chi connectivity index (χ1v) is 10.2. The molecule has 0 aromatic heterocycles. The van der Waals surface area contributed by atoms with E-state index in [1.165, 1.54) is 38.5 Å². The predicted molar refractivity (Wildman–Crippen MR) is 85.8 cm³/mol. The van der Waals surface area contributed by atoms with Crippen molar-refractivity contribution in [2.24, 2.45) is 0 Å². The van der Waals surface area contributed by atoms with Crippen LogP contribution in [0.1, 0.15) is 80.1 Å². The van der Waals surface area contributed by atoms with E-state index in [-0.39, 0.29) is 0 Å². The maximum atomic E-state index is 6.32. The van der Waals surface area contributed by atoms with Crippen LogP contribution in [-0.2, 0) is 4.43 Å². The fraction of sp³-hybridized carbons (Fsp3) is 1.00. The van der Waals surface area contributed by atoms with E-state index in [0.29, 0.717) is 0 Å². The van der Waals surface area contributed by atoms with Crippen molar-refractivity contribution in [2.45, 2.75) is 96.7 Å². The largest absolute Gasteiger partial charge is 0.419 e. The van der Waals surface area contributed by atoms with Crippen LogP contribution in [0.25, 0.3) is 0 Å². The zero-order valence-electron chi connectivity index (χ0n) is 13.9. The Hall–Kier alpha value is 0.177. The third kappa shape index (κ3) is 4.09. The Labute approximate surface area is 117 Å². The van der Waals surface area contributed by atoms with Crippen LogP contribution in [0, 0.1) is 0 Å². The summed E-state index contributed by atoms with van der Waals surface area (Å²) in [5.74, 6) is 0. The molecule has 0 radical (unpaired) electrons. The van der Waals surface area contributed by atoms with Crippen molar-refractivity contribution < 1.29 is 4.43 Å². The van der Waals surface area contributed by atoms with Gasteiger partial charge in [-0.15, -0.1) is 0 Å². The summed E-state index contributed by atoms with van der Waals surface area (Å²) in [5.41, 5.74) is 2.36. The lowest BCUT2D eigenvalue weighted by molar-refractivity contribution is 0.341. The Bertz CT molecular complexity index is 174. The lowest BCUT2D eigenvalue weighted by atomic mass is 10.2. The van der Waals surface area contributed by atoms with Gasteiger partial charge in [-0.05, 0) is 16.6 Å². The Balaban J connectivity index is 5.16.